The summed E-state index contributed by atoms with van der Waals surface area (Å²) in [6.45, 7) is 4.54. The van der Waals surface area contributed by atoms with E-state index in [-0.39, 0.29) is 0 Å². The second-order valence-corrected chi connectivity index (χ2v) is 3.77. The lowest BCUT2D eigenvalue weighted by molar-refractivity contribution is 0.489. The summed E-state index contributed by atoms with van der Waals surface area (Å²) in [5.74, 6) is 0. The molecule has 1 aromatic heterocycles. The van der Waals surface area contributed by atoms with Gasteiger partial charge in [-0.2, -0.15) is 5.26 Å². The molecule has 1 aromatic rings. The van der Waals surface area contributed by atoms with Crippen LogP contribution in [0.15, 0.2) is 24.5 Å². The maximum Gasteiger partial charge on any atom is 0.101 e. The van der Waals surface area contributed by atoms with Crippen LogP contribution < -0.4 is 5.32 Å². The molecule has 0 radical (unpaired) electrons. The van der Waals surface area contributed by atoms with E-state index in [1.165, 1.54) is 5.56 Å². The minimum atomic E-state index is -0.442. The highest BCUT2D eigenvalue weighted by Gasteiger charge is 2.13. The fourth-order valence-corrected chi connectivity index (χ4v) is 1.10. The van der Waals surface area contributed by atoms with Gasteiger partial charge in [-0.25, -0.2) is 0 Å². The first kappa shape index (κ1) is 10.7. The first-order chi connectivity index (χ1) is 6.64. The zero-order valence-electron chi connectivity index (χ0n) is 8.62. The van der Waals surface area contributed by atoms with E-state index in [1.54, 1.807) is 6.20 Å². The van der Waals surface area contributed by atoms with Crippen molar-refractivity contribution in [2.45, 2.75) is 25.8 Å². The van der Waals surface area contributed by atoms with Crippen LogP contribution in [0.5, 0.6) is 0 Å². The van der Waals surface area contributed by atoms with E-state index in [1.807, 2.05) is 32.2 Å². The number of nitrogens with one attached hydrogen (secondary N) is 1. The standard InChI is InChI=1S/C11H15N3/c1-11(2,9-12)14-7-5-10-4-3-6-13-8-10/h3-4,6,8,14H,5,7H2,1-2H3. The Balaban J connectivity index is 2.34. The summed E-state index contributed by atoms with van der Waals surface area (Å²) in [5, 5.41) is 11.9. The van der Waals surface area contributed by atoms with Crippen LogP contribution in [0.1, 0.15) is 19.4 Å². The quantitative estimate of drug-likeness (QED) is 0.781. The molecule has 0 atom stereocenters. The Morgan fingerprint density at radius 1 is 1.57 bits per heavy atom. The van der Waals surface area contributed by atoms with Gasteiger partial charge in [0.1, 0.15) is 5.54 Å². The van der Waals surface area contributed by atoms with Crippen molar-refractivity contribution in [2.24, 2.45) is 0 Å². The summed E-state index contributed by atoms with van der Waals surface area (Å²) >= 11 is 0. The number of rotatable bonds is 4. The van der Waals surface area contributed by atoms with E-state index >= 15 is 0 Å². The third kappa shape index (κ3) is 3.55. The Hall–Kier alpha value is -1.40. The SMILES string of the molecule is CC(C)(C#N)NCCc1cccnc1. The third-order valence-corrected chi connectivity index (χ3v) is 1.98. The van der Waals surface area contributed by atoms with Crippen LogP contribution in [0.2, 0.25) is 0 Å². The van der Waals surface area contributed by atoms with Crippen LogP contribution in [-0.4, -0.2) is 17.1 Å². The second kappa shape index (κ2) is 4.73. The summed E-state index contributed by atoms with van der Waals surface area (Å²) in [6, 6.07) is 6.16. The average Bonchev–Trinajstić information content (AvgIpc) is 2.19. The molecule has 0 unspecified atom stereocenters. The van der Waals surface area contributed by atoms with E-state index in [2.05, 4.69) is 16.4 Å². The van der Waals surface area contributed by atoms with Gasteiger partial charge in [-0.1, -0.05) is 6.07 Å². The molecule has 3 nitrogen and oxygen atoms in total. The molecule has 0 aromatic carbocycles. The minimum Gasteiger partial charge on any atom is -0.300 e. The molecule has 0 fully saturated rings. The molecule has 1 heterocycles. The Labute approximate surface area is 84.8 Å². The Morgan fingerprint density at radius 3 is 2.93 bits per heavy atom. The van der Waals surface area contributed by atoms with Gasteiger partial charge in [0.15, 0.2) is 0 Å². The van der Waals surface area contributed by atoms with Gasteiger partial charge in [-0.3, -0.25) is 10.3 Å². The molecule has 0 aliphatic rings. The lowest BCUT2D eigenvalue weighted by Crippen LogP contribution is -2.38. The highest BCUT2D eigenvalue weighted by molar-refractivity contribution is 5.09. The molecule has 0 bridgehead atoms. The summed E-state index contributed by atoms with van der Waals surface area (Å²) < 4.78 is 0. The average molecular weight is 189 g/mol. The van der Waals surface area contributed by atoms with Crippen LogP contribution in [-0.2, 0) is 6.42 Å². The van der Waals surface area contributed by atoms with Crippen molar-refractivity contribution < 1.29 is 0 Å². The topological polar surface area (TPSA) is 48.7 Å². The highest BCUT2D eigenvalue weighted by atomic mass is 14.9. The maximum atomic E-state index is 8.77. The molecule has 0 aliphatic carbocycles. The van der Waals surface area contributed by atoms with Gasteiger partial charge in [-0.05, 0) is 31.9 Å². The molecule has 3 heteroatoms. The van der Waals surface area contributed by atoms with Gasteiger partial charge in [0.2, 0.25) is 0 Å². The molecule has 0 saturated heterocycles. The Bertz CT molecular complexity index is 311. The summed E-state index contributed by atoms with van der Waals surface area (Å²) in [4.78, 5) is 4.03. The van der Waals surface area contributed by atoms with Gasteiger partial charge < -0.3 is 0 Å². The molecular weight excluding hydrogens is 174 g/mol. The van der Waals surface area contributed by atoms with E-state index in [4.69, 9.17) is 5.26 Å². The first-order valence-corrected chi connectivity index (χ1v) is 4.69. The van der Waals surface area contributed by atoms with Crippen molar-refractivity contribution in [1.29, 1.82) is 5.26 Å². The number of aromatic nitrogens is 1. The minimum absolute atomic E-state index is 0.442. The predicted octanol–water partition coefficient (Wildman–Crippen LogP) is 1.52. The highest BCUT2D eigenvalue weighted by Crippen LogP contribution is 2.00. The molecular formula is C11H15N3. The van der Waals surface area contributed by atoms with Crippen molar-refractivity contribution in [3.05, 3.63) is 30.1 Å². The molecule has 0 amide bonds. The number of pyridine rings is 1. The zero-order chi connectivity index (χ0) is 10.4. The van der Waals surface area contributed by atoms with Gasteiger partial charge >= 0.3 is 0 Å². The van der Waals surface area contributed by atoms with Crippen molar-refractivity contribution >= 4 is 0 Å². The van der Waals surface area contributed by atoms with Gasteiger partial charge in [-0.15, -0.1) is 0 Å². The first-order valence-electron chi connectivity index (χ1n) is 4.69. The lowest BCUT2D eigenvalue weighted by Gasteiger charge is -2.16. The zero-order valence-corrected chi connectivity index (χ0v) is 8.62. The van der Waals surface area contributed by atoms with E-state index in [0.29, 0.717) is 0 Å². The maximum absolute atomic E-state index is 8.77. The number of nitrogens with zero attached hydrogens (tertiary/aromatic N) is 2. The summed E-state index contributed by atoms with van der Waals surface area (Å²) in [7, 11) is 0. The number of hydrogen-bond acceptors (Lipinski definition) is 3. The molecule has 0 spiro atoms. The van der Waals surface area contributed by atoms with Crippen molar-refractivity contribution in [1.82, 2.24) is 10.3 Å². The second-order valence-electron chi connectivity index (χ2n) is 3.77. The van der Waals surface area contributed by atoms with Crippen molar-refractivity contribution in [3.8, 4) is 6.07 Å². The molecule has 74 valence electrons. The van der Waals surface area contributed by atoms with Gasteiger partial charge in [0.25, 0.3) is 0 Å². The van der Waals surface area contributed by atoms with E-state index in [0.717, 1.165) is 13.0 Å². The predicted molar refractivity (Wildman–Crippen MR) is 55.6 cm³/mol. The molecule has 0 saturated carbocycles. The Morgan fingerprint density at radius 2 is 2.36 bits per heavy atom. The van der Waals surface area contributed by atoms with Crippen molar-refractivity contribution in [2.75, 3.05) is 6.54 Å². The normalized spacial score (nSPS) is 10.9. The lowest BCUT2D eigenvalue weighted by atomic mass is 10.1. The summed E-state index contributed by atoms with van der Waals surface area (Å²) in [5.41, 5.74) is 0.746. The Kier molecular flexibility index (Phi) is 3.61. The fourth-order valence-electron chi connectivity index (χ4n) is 1.10. The van der Waals surface area contributed by atoms with Gasteiger partial charge in [0.05, 0.1) is 6.07 Å². The third-order valence-electron chi connectivity index (χ3n) is 1.98. The smallest absolute Gasteiger partial charge is 0.101 e. The van der Waals surface area contributed by atoms with Crippen molar-refractivity contribution in [3.63, 3.8) is 0 Å². The summed E-state index contributed by atoms with van der Waals surface area (Å²) in [6.07, 6.45) is 4.51. The van der Waals surface area contributed by atoms with E-state index < -0.39 is 5.54 Å². The molecule has 1 N–H and O–H groups in total. The van der Waals surface area contributed by atoms with Crippen LogP contribution in [0.25, 0.3) is 0 Å². The van der Waals surface area contributed by atoms with E-state index in [9.17, 15) is 0 Å². The molecule has 14 heavy (non-hydrogen) atoms. The molecule has 1 rings (SSSR count). The largest absolute Gasteiger partial charge is 0.300 e. The fraction of sp³-hybridized carbons (Fsp3) is 0.455. The molecule has 0 aliphatic heterocycles. The van der Waals surface area contributed by atoms with Gasteiger partial charge in [0, 0.05) is 18.9 Å². The van der Waals surface area contributed by atoms with Crippen LogP contribution >= 0.6 is 0 Å². The monoisotopic (exact) mass is 189 g/mol. The number of hydrogen-bond donors (Lipinski definition) is 1. The van der Waals surface area contributed by atoms with Crippen LogP contribution in [0.4, 0.5) is 0 Å². The number of nitriles is 1. The van der Waals surface area contributed by atoms with Crippen LogP contribution in [0.3, 0.4) is 0 Å². The van der Waals surface area contributed by atoms with Crippen LogP contribution in [0, 0.1) is 11.3 Å².